The Labute approximate surface area is 406 Å². The average Bonchev–Trinajstić information content (AvgIpc) is 3.36. The number of rotatable bonds is 10. The van der Waals surface area contributed by atoms with Gasteiger partial charge in [0.2, 0.25) is 0 Å². The van der Waals surface area contributed by atoms with Gasteiger partial charge in [-0.3, -0.25) is 9.80 Å². The molecule has 0 aliphatic carbocycles. The summed E-state index contributed by atoms with van der Waals surface area (Å²) in [5, 5.41) is 4.43. The van der Waals surface area contributed by atoms with Crippen molar-refractivity contribution < 1.29 is 9.47 Å². The Bertz CT molecular complexity index is 2500. The van der Waals surface area contributed by atoms with E-state index in [4.69, 9.17) is 69.9 Å². The number of hydrogen-bond donors (Lipinski definition) is 2. The predicted octanol–water partition coefficient (Wildman–Crippen LogP) is 4.66. The number of likely N-dealkylation sites (N-methyl/N-ethyl adjacent to an activating group) is 2. The molecule has 0 radical (unpaired) electrons. The van der Waals surface area contributed by atoms with Crippen molar-refractivity contribution in [2.75, 3.05) is 160 Å². The third kappa shape index (κ3) is 13.1. The lowest BCUT2D eigenvalue weighted by Crippen LogP contribution is -2.45. The fourth-order valence-electron chi connectivity index (χ4n) is 7.96. The van der Waals surface area contributed by atoms with Crippen molar-refractivity contribution >= 4 is 74.6 Å². The summed E-state index contributed by atoms with van der Waals surface area (Å²) in [6.07, 6.45) is 0. The van der Waals surface area contributed by atoms with Crippen LogP contribution in [-0.4, -0.2) is 205 Å². The van der Waals surface area contributed by atoms with Gasteiger partial charge in [0, 0.05) is 116 Å². The Morgan fingerprint density at radius 2 is 0.955 bits per heavy atom. The van der Waals surface area contributed by atoms with Crippen LogP contribution in [-0.2, 0) is 9.47 Å². The standard InChI is InChI=1S/C23H29ClN8O.C17H16Cl2N6.C6H14N2O/c1-30-9-11-32(12-10-30)23-19(24)26-18-21(25-7-8-31-13-15-33-16-14-31)27-20(28-22(18)29-23)17-5-3-2-4-6-17;1-24-7-9-25(10-8-24)17-14(19)20-12-13(18)21-15(22-16(12)23-17)11-5-3-2-4-6-11;7-1-2-8-3-5-9-6-4-8/h2-6H,7-16H2,1H3,(H,25,27,28,29);2-6H,7-10H2,1H3;1-7H2. The van der Waals surface area contributed by atoms with Gasteiger partial charge < -0.3 is 40.1 Å². The van der Waals surface area contributed by atoms with Crippen molar-refractivity contribution in [3.05, 3.63) is 76.1 Å². The molecule has 2 aromatic carbocycles. The molecular weight excluding hydrogens is 915 g/mol. The van der Waals surface area contributed by atoms with Gasteiger partial charge in [-0.1, -0.05) is 95.5 Å². The highest BCUT2D eigenvalue weighted by Crippen LogP contribution is 2.31. The van der Waals surface area contributed by atoms with Crippen LogP contribution in [0.3, 0.4) is 0 Å². The first kappa shape index (κ1) is 48.7. The molecule has 8 heterocycles. The molecule has 0 unspecified atom stereocenters. The van der Waals surface area contributed by atoms with Crippen molar-refractivity contribution in [2.45, 2.75) is 0 Å². The second-order valence-corrected chi connectivity index (χ2v) is 17.8. The normalized spacial score (nSPS) is 17.8. The lowest BCUT2D eigenvalue weighted by atomic mass is 10.2. The highest BCUT2D eigenvalue weighted by molar-refractivity contribution is 6.35. The largest absolute Gasteiger partial charge is 0.379 e. The molecule has 10 rings (SSSR count). The Morgan fingerprint density at radius 3 is 1.45 bits per heavy atom. The molecule has 4 saturated heterocycles. The van der Waals surface area contributed by atoms with Gasteiger partial charge in [-0.05, 0) is 14.1 Å². The first-order chi connectivity index (χ1) is 32.7. The van der Waals surface area contributed by atoms with Gasteiger partial charge in [-0.15, -0.1) is 0 Å². The van der Waals surface area contributed by atoms with Gasteiger partial charge in [0.1, 0.15) is 5.52 Å². The number of nitrogens with two attached hydrogens (primary N) is 1. The van der Waals surface area contributed by atoms with Crippen molar-refractivity contribution in [1.29, 1.82) is 0 Å². The number of halogens is 3. The summed E-state index contributed by atoms with van der Waals surface area (Å²) in [5.74, 6) is 3.15. The maximum Gasteiger partial charge on any atom is 0.186 e. The Hall–Kier alpha value is -4.73. The molecule has 0 spiro atoms. The van der Waals surface area contributed by atoms with E-state index in [1.54, 1.807) is 0 Å². The molecule has 0 atom stereocenters. The summed E-state index contributed by atoms with van der Waals surface area (Å²) in [7, 11) is 4.23. The van der Waals surface area contributed by atoms with Crippen LogP contribution < -0.4 is 20.9 Å². The highest BCUT2D eigenvalue weighted by atomic mass is 35.5. The number of piperazine rings is 2. The number of nitrogens with one attached hydrogen (secondary N) is 1. The van der Waals surface area contributed by atoms with E-state index in [9.17, 15) is 0 Å². The van der Waals surface area contributed by atoms with Crippen LogP contribution in [0, 0.1) is 0 Å². The summed E-state index contributed by atoms with van der Waals surface area (Å²) in [5.41, 5.74) is 9.22. The Balaban J connectivity index is 0.000000157. The van der Waals surface area contributed by atoms with E-state index in [-0.39, 0.29) is 5.15 Å². The van der Waals surface area contributed by atoms with Crippen LogP contribution in [0.5, 0.6) is 0 Å². The predicted molar refractivity (Wildman–Crippen MR) is 268 cm³/mol. The molecular formula is C46H59Cl3N16O2. The minimum absolute atomic E-state index is 0.253. The first-order valence-electron chi connectivity index (χ1n) is 22.9. The summed E-state index contributed by atoms with van der Waals surface area (Å²) in [6, 6.07) is 19.6. The topological polar surface area (TPSA) is 179 Å². The number of morpholine rings is 2. The van der Waals surface area contributed by atoms with Crippen LogP contribution in [0.15, 0.2) is 60.7 Å². The number of anilines is 3. The Kier molecular flexibility index (Phi) is 17.5. The van der Waals surface area contributed by atoms with Crippen molar-refractivity contribution in [3.63, 3.8) is 0 Å². The van der Waals surface area contributed by atoms with Crippen LogP contribution in [0.4, 0.5) is 17.5 Å². The molecule has 4 aliphatic heterocycles. The summed E-state index contributed by atoms with van der Waals surface area (Å²) < 4.78 is 10.6. The minimum atomic E-state index is 0.253. The zero-order chi connectivity index (χ0) is 46.5. The molecule has 18 nitrogen and oxygen atoms in total. The second-order valence-electron chi connectivity index (χ2n) is 16.7. The number of fused-ring (bicyclic) bond motifs is 2. The SMILES string of the molecule is CN1CCN(c2nc3nc(-c4ccccc4)nc(Cl)c3nc2Cl)CC1.CN1CCN(c2nc3nc(-c4ccccc4)nc(NCCN4CCOCC4)c3nc2Cl)CC1.NCCN1CCOCC1. The van der Waals surface area contributed by atoms with Crippen LogP contribution in [0.2, 0.25) is 15.5 Å². The number of nitrogens with zero attached hydrogens (tertiary/aromatic N) is 14. The molecule has 0 bridgehead atoms. The van der Waals surface area contributed by atoms with Gasteiger partial charge in [-0.25, -0.2) is 39.9 Å². The zero-order valence-corrected chi connectivity index (χ0v) is 40.5. The molecule has 0 saturated carbocycles. The molecule has 67 heavy (non-hydrogen) atoms. The van der Waals surface area contributed by atoms with E-state index in [2.05, 4.69) is 68.7 Å². The van der Waals surface area contributed by atoms with Gasteiger partial charge in [-0.2, -0.15) is 0 Å². The lowest BCUT2D eigenvalue weighted by Gasteiger charge is -2.33. The van der Waals surface area contributed by atoms with E-state index in [0.717, 1.165) is 142 Å². The molecule has 21 heteroatoms. The smallest absolute Gasteiger partial charge is 0.186 e. The van der Waals surface area contributed by atoms with Crippen LogP contribution in [0.1, 0.15) is 0 Å². The number of benzene rings is 2. The third-order valence-electron chi connectivity index (χ3n) is 11.9. The maximum atomic E-state index is 6.62. The second kappa shape index (κ2) is 24.0. The maximum absolute atomic E-state index is 6.62. The molecule has 356 valence electrons. The summed E-state index contributed by atoms with van der Waals surface area (Å²) in [6.45, 7) is 18.0. The molecule has 6 aromatic rings. The average molecular weight is 974 g/mol. The monoisotopic (exact) mass is 972 g/mol. The molecule has 4 aliphatic rings. The summed E-state index contributed by atoms with van der Waals surface area (Å²) >= 11 is 19.3. The van der Waals surface area contributed by atoms with Crippen molar-refractivity contribution in [3.8, 4) is 22.8 Å². The molecule has 3 N–H and O–H groups in total. The lowest BCUT2D eigenvalue weighted by molar-refractivity contribution is 0.0394. The highest BCUT2D eigenvalue weighted by Gasteiger charge is 2.24. The van der Waals surface area contributed by atoms with E-state index in [1.807, 2.05) is 60.7 Å². The number of hydrogen-bond acceptors (Lipinski definition) is 18. The molecule has 4 fully saturated rings. The van der Waals surface area contributed by atoms with E-state index >= 15 is 0 Å². The van der Waals surface area contributed by atoms with E-state index < -0.39 is 0 Å². The zero-order valence-electron chi connectivity index (χ0n) is 38.2. The Morgan fingerprint density at radius 1 is 0.507 bits per heavy atom. The minimum Gasteiger partial charge on any atom is -0.379 e. The van der Waals surface area contributed by atoms with Gasteiger partial charge in [0.15, 0.2) is 61.4 Å². The number of ether oxygens (including phenoxy) is 2. The summed E-state index contributed by atoms with van der Waals surface area (Å²) in [4.78, 5) is 50.6. The van der Waals surface area contributed by atoms with Gasteiger partial charge >= 0.3 is 0 Å². The van der Waals surface area contributed by atoms with Gasteiger partial charge in [0.25, 0.3) is 0 Å². The molecule has 4 aromatic heterocycles. The fourth-order valence-corrected chi connectivity index (χ4v) is 8.66. The third-order valence-corrected chi connectivity index (χ3v) is 12.7. The number of aromatic nitrogens is 8. The van der Waals surface area contributed by atoms with Crippen molar-refractivity contribution in [2.24, 2.45) is 5.73 Å². The van der Waals surface area contributed by atoms with Crippen LogP contribution in [0.25, 0.3) is 45.1 Å². The van der Waals surface area contributed by atoms with Gasteiger partial charge in [0.05, 0.1) is 26.4 Å². The van der Waals surface area contributed by atoms with Crippen LogP contribution >= 0.6 is 34.8 Å². The van der Waals surface area contributed by atoms with Crippen molar-refractivity contribution in [1.82, 2.24) is 59.5 Å². The fraction of sp³-hybridized carbons (Fsp3) is 0.478. The first-order valence-corrected chi connectivity index (χ1v) is 24.0. The molecule has 0 amide bonds. The quantitative estimate of drug-likeness (QED) is 0.181. The van der Waals surface area contributed by atoms with E-state index in [0.29, 0.717) is 61.7 Å². The van der Waals surface area contributed by atoms with E-state index in [1.165, 1.54) is 0 Å².